The number of rotatable bonds is 6. The molecule has 6 nitrogen and oxygen atoms in total. The van der Waals surface area contributed by atoms with Crippen LogP contribution in [0.3, 0.4) is 0 Å². The third-order valence-electron chi connectivity index (χ3n) is 2.14. The molecule has 0 bridgehead atoms. The summed E-state index contributed by atoms with van der Waals surface area (Å²) in [4.78, 5) is 20.9. The Labute approximate surface area is 98.0 Å². The molecule has 0 aliphatic carbocycles. The Bertz CT molecular complexity index is 430. The van der Waals surface area contributed by atoms with Crippen LogP contribution in [0.1, 0.15) is 29.3 Å². The van der Waals surface area contributed by atoms with Crippen LogP contribution in [0.15, 0.2) is 18.2 Å². The minimum Gasteiger partial charge on any atom is -0.478 e. The molecule has 0 atom stereocenters. The number of carbonyl (C=O) groups is 1. The van der Waals surface area contributed by atoms with Crippen molar-refractivity contribution in [3.63, 3.8) is 0 Å². The van der Waals surface area contributed by atoms with Gasteiger partial charge in [-0.15, -0.1) is 0 Å². The first-order valence-electron chi connectivity index (χ1n) is 5.14. The van der Waals surface area contributed by atoms with Crippen molar-refractivity contribution in [2.75, 3.05) is 6.61 Å². The second-order valence-corrected chi connectivity index (χ2v) is 3.46. The smallest absolute Gasteiger partial charge is 0.336 e. The van der Waals surface area contributed by atoms with E-state index in [4.69, 9.17) is 9.84 Å². The molecule has 0 fully saturated rings. The molecule has 17 heavy (non-hydrogen) atoms. The first kappa shape index (κ1) is 13.1. The lowest BCUT2D eigenvalue weighted by molar-refractivity contribution is -0.384. The monoisotopic (exact) mass is 239 g/mol. The molecule has 1 aromatic carbocycles. The third-order valence-corrected chi connectivity index (χ3v) is 2.14. The van der Waals surface area contributed by atoms with Crippen molar-refractivity contribution in [2.45, 2.75) is 20.0 Å². The highest BCUT2D eigenvalue weighted by Gasteiger charge is 2.15. The predicted molar refractivity (Wildman–Crippen MR) is 60.0 cm³/mol. The fourth-order valence-electron chi connectivity index (χ4n) is 1.33. The minimum absolute atomic E-state index is 0.0877. The van der Waals surface area contributed by atoms with Gasteiger partial charge in [-0.3, -0.25) is 10.1 Å². The number of non-ortho nitro benzene ring substituents is 1. The highest BCUT2D eigenvalue weighted by molar-refractivity contribution is 5.90. The van der Waals surface area contributed by atoms with Gasteiger partial charge in [0.25, 0.3) is 5.69 Å². The summed E-state index contributed by atoms with van der Waals surface area (Å²) in [5.74, 6) is -1.19. The van der Waals surface area contributed by atoms with Crippen LogP contribution in [-0.2, 0) is 11.3 Å². The molecule has 1 aromatic rings. The van der Waals surface area contributed by atoms with Crippen LogP contribution in [0.4, 0.5) is 5.69 Å². The molecule has 6 heteroatoms. The Kier molecular flexibility index (Phi) is 4.59. The molecule has 0 saturated carbocycles. The van der Waals surface area contributed by atoms with Crippen molar-refractivity contribution in [3.8, 4) is 0 Å². The van der Waals surface area contributed by atoms with Gasteiger partial charge in [0.1, 0.15) is 0 Å². The second-order valence-electron chi connectivity index (χ2n) is 3.46. The van der Waals surface area contributed by atoms with Gasteiger partial charge in [-0.1, -0.05) is 6.92 Å². The quantitative estimate of drug-likeness (QED) is 0.467. The maximum atomic E-state index is 11.0. The van der Waals surface area contributed by atoms with E-state index in [1.165, 1.54) is 12.1 Å². The fourth-order valence-corrected chi connectivity index (χ4v) is 1.33. The largest absolute Gasteiger partial charge is 0.478 e. The summed E-state index contributed by atoms with van der Waals surface area (Å²) in [6.45, 7) is 2.61. The van der Waals surface area contributed by atoms with Gasteiger partial charge in [-0.2, -0.15) is 0 Å². The summed E-state index contributed by atoms with van der Waals surface area (Å²) in [7, 11) is 0. The number of benzene rings is 1. The van der Waals surface area contributed by atoms with Crippen LogP contribution in [0.2, 0.25) is 0 Å². The zero-order chi connectivity index (χ0) is 12.8. The molecule has 0 aromatic heterocycles. The molecule has 0 saturated heterocycles. The molecule has 0 amide bonds. The molecule has 92 valence electrons. The maximum Gasteiger partial charge on any atom is 0.336 e. The van der Waals surface area contributed by atoms with Crippen molar-refractivity contribution >= 4 is 11.7 Å². The maximum absolute atomic E-state index is 11.0. The van der Waals surface area contributed by atoms with E-state index < -0.39 is 10.9 Å². The summed E-state index contributed by atoms with van der Waals surface area (Å²) < 4.78 is 5.23. The van der Waals surface area contributed by atoms with Crippen LogP contribution < -0.4 is 0 Å². The number of nitro groups is 1. The van der Waals surface area contributed by atoms with E-state index in [0.717, 1.165) is 12.5 Å². The first-order valence-corrected chi connectivity index (χ1v) is 5.14. The third kappa shape index (κ3) is 3.53. The van der Waals surface area contributed by atoms with Crippen LogP contribution in [0.5, 0.6) is 0 Å². The number of hydrogen-bond acceptors (Lipinski definition) is 4. The van der Waals surface area contributed by atoms with E-state index in [-0.39, 0.29) is 17.9 Å². The lowest BCUT2D eigenvalue weighted by Gasteiger charge is -2.06. The Morgan fingerprint density at radius 3 is 2.76 bits per heavy atom. The van der Waals surface area contributed by atoms with E-state index in [1.54, 1.807) is 0 Å². The standard InChI is InChI=1S/C11H13NO5/c1-2-5-17-7-8-3-4-9(12(15)16)6-10(8)11(13)14/h3-4,6H,2,5,7H2,1H3,(H,13,14). The summed E-state index contributed by atoms with van der Waals surface area (Å²) >= 11 is 0. The average molecular weight is 239 g/mol. The van der Waals surface area contributed by atoms with Crippen molar-refractivity contribution in [1.29, 1.82) is 0 Å². The van der Waals surface area contributed by atoms with Gasteiger partial charge in [0.05, 0.1) is 17.1 Å². The van der Waals surface area contributed by atoms with E-state index >= 15 is 0 Å². The molecular weight excluding hydrogens is 226 g/mol. The lowest BCUT2D eigenvalue weighted by atomic mass is 10.1. The van der Waals surface area contributed by atoms with E-state index in [0.29, 0.717) is 12.2 Å². The van der Waals surface area contributed by atoms with Crippen LogP contribution in [0, 0.1) is 10.1 Å². The number of ether oxygens (including phenoxy) is 1. The van der Waals surface area contributed by atoms with E-state index in [9.17, 15) is 14.9 Å². The minimum atomic E-state index is -1.19. The molecule has 0 aliphatic rings. The highest BCUT2D eigenvalue weighted by Crippen LogP contribution is 2.18. The van der Waals surface area contributed by atoms with E-state index in [2.05, 4.69) is 0 Å². The van der Waals surface area contributed by atoms with Gasteiger partial charge >= 0.3 is 5.97 Å². The van der Waals surface area contributed by atoms with Gasteiger partial charge in [0.15, 0.2) is 0 Å². The second kappa shape index (κ2) is 5.95. The molecule has 1 N–H and O–H groups in total. The number of hydrogen-bond donors (Lipinski definition) is 1. The normalized spacial score (nSPS) is 10.2. The number of carboxylic acid groups (broad SMARTS) is 1. The molecule has 0 unspecified atom stereocenters. The van der Waals surface area contributed by atoms with Crippen molar-refractivity contribution in [3.05, 3.63) is 39.4 Å². The number of nitrogens with zero attached hydrogens (tertiary/aromatic N) is 1. The molecule has 0 heterocycles. The van der Waals surface area contributed by atoms with Crippen molar-refractivity contribution in [1.82, 2.24) is 0 Å². The van der Waals surface area contributed by atoms with Crippen molar-refractivity contribution in [2.24, 2.45) is 0 Å². The zero-order valence-electron chi connectivity index (χ0n) is 9.38. The Morgan fingerprint density at radius 1 is 1.53 bits per heavy atom. The average Bonchev–Trinajstić information content (AvgIpc) is 2.29. The molecule has 0 radical (unpaired) electrons. The number of aromatic carboxylic acids is 1. The molecule has 0 spiro atoms. The van der Waals surface area contributed by atoms with Gasteiger partial charge in [0.2, 0.25) is 0 Å². The topological polar surface area (TPSA) is 89.7 Å². The molecule has 0 aliphatic heterocycles. The van der Waals surface area contributed by atoms with Crippen molar-refractivity contribution < 1.29 is 19.6 Å². The summed E-state index contributed by atoms with van der Waals surface area (Å²) in [5, 5.41) is 19.5. The predicted octanol–water partition coefficient (Wildman–Crippen LogP) is 2.22. The van der Waals surface area contributed by atoms with E-state index in [1.807, 2.05) is 6.92 Å². The molecule has 1 rings (SSSR count). The fraction of sp³-hybridized carbons (Fsp3) is 0.364. The van der Waals surface area contributed by atoms with Gasteiger partial charge < -0.3 is 9.84 Å². The van der Waals surface area contributed by atoms with Crippen LogP contribution in [-0.4, -0.2) is 22.6 Å². The zero-order valence-corrected chi connectivity index (χ0v) is 9.38. The Morgan fingerprint density at radius 2 is 2.24 bits per heavy atom. The number of nitro benzene ring substituents is 1. The summed E-state index contributed by atoms with van der Waals surface area (Å²) in [5.41, 5.74) is 0.119. The van der Waals surface area contributed by atoms with Gasteiger partial charge in [-0.25, -0.2) is 4.79 Å². The Balaban J connectivity index is 2.96. The number of carboxylic acids is 1. The Hall–Kier alpha value is -1.95. The molecular formula is C11H13NO5. The summed E-state index contributed by atoms with van der Waals surface area (Å²) in [6.07, 6.45) is 0.829. The highest BCUT2D eigenvalue weighted by atomic mass is 16.6. The van der Waals surface area contributed by atoms with Crippen LogP contribution >= 0.6 is 0 Å². The SMILES string of the molecule is CCCOCc1ccc([N+](=O)[O-])cc1C(=O)O. The van der Waals surface area contributed by atoms with Crippen LogP contribution in [0.25, 0.3) is 0 Å². The lowest BCUT2D eigenvalue weighted by Crippen LogP contribution is -2.05. The first-order chi connectivity index (χ1) is 8.06. The summed E-state index contributed by atoms with van der Waals surface area (Å²) in [6, 6.07) is 3.74. The van der Waals surface area contributed by atoms with Gasteiger partial charge in [0, 0.05) is 18.7 Å². The van der Waals surface area contributed by atoms with Gasteiger partial charge in [-0.05, 0) is 18.1 Å².